The van der Waals surface area contributed by atoms with Crippen LogP contribution in [0.4, 0.5) is 0 Å². The molecular formula is C10H13P. The van der Waals surface area contributed by atoms with E-state index in [1.807, 2.05) is 0 Å². The van der Waals surface area contributed by atoms with Gasteiger partial charge in [0.1, 0.15) is 0 Å². The van der Waals surface area contributed by atoms with Crippen molar-refractivity contribution in [3.63, 3.8) is 0 Å². The van der Waals surface area contributed by atoms with Crippen molar-refractivity contribution >= 4 is 18.6 Å². The molecule has 0 N–H and O–H groups in total. The van der Waals surface area contributed by atoms with E-state index in [2.05, 4.69) is 36.1 Å². The molecular weight excluding hydrogens is 151 g/mol. The van der Waals surface area contributed by atoms with E-state index in [9.17, 15) is 0 Å². The Morgan fingerprint density at radius 1 is 1.09 bits per heavy atom. The summed E-state index contributed by atoms with van der Waals surface area (Å²) in [5, 5.41) is 1.59. The lowest BCUT2D eigenvalue weighted by atomic mass is 10.4. The third kappa shape index (κ3) is 1.57. The molecule has 0 aliphatic carbocycles. The van der Waals surface area contributed by atoms with E-state index in [4.69, 9.17) is 0 Å². The van der Waals surface area contributed by atoms with Gasteiger partial charge in [-0.05, 0) is 24.3 Å². The fraction of sp³-hybridized carbons (Fsp3) is 0.300. The average molecular weight is 164 g/mol. The van der Waals surface area contributed by atoms with Crippen molar-refractivity contribution in [3.05, 3.63) is 30.3 Å². The van der Waals surface area contributed by atoms with Crippen LogP contribution in [0.3, 0.4) is 0 Å². The summed E-state index contributed by atoms with van der Waals surface area (Å²) in [6, 6.07) is 10.9. The first-order valence-electron chi connectivity index (χ1n) is 4.21. The number of hydrogen-bond acceptors (Lipinski definition) is 0. The van der Waals surface area contributed by atoms with Crippen LogP contribution in [0, 0.1) is 0 Å². The topological polar surface area (TPSA) is 0 Å². The fourth-order valence-electron chi connectivity index (χ4n) is 1.59. The molecule has 0 spiro atoms. The maximum atomic E-state index is 2.54. The molecule has 0 fully saturated rings. The molecule has 1 aromatic rings. The highest BCUT2D eigenvalue weighted by atomic mass is 31.1. The smallest absolute Gasteiger partial charge is 0.0276 e. The Morgan fingerprint density at radius 3 is 2.55 bits per heavy atom. The molecule has 0 nitrogen and oxygen atoms in total. The summed E-state index contributed by atoms with van der Waals surface area (Å²) in [6.07, 6.45) is 4.22. The van der Waals surface area contributed by atoms with E-state index in [0.717, 1.165) is 0 Å². The summed E-state index contributed by atoms with van der Waals surface area (Å²) in [5.74, 6) is 2.54. The fourth-order valence-corrected chi connectivity index (χ4v) is 4.07. The van der Waals surface area contributed by atoms with Gasteiger partial charge in [-0.25, -0.2) is 0 Å². The SMILES string of the molecule is C1=[PH](c2ccccc2)CCC1. The van der Waals surface area contributed by atoms with Crippen molar-refractivity contribution < 1.29 is 0 Å². The van der Waals surface area contributed by atoms with E-state index in [1.54, 1.807) is 5.30 Å². The van der Waals surface area contributed by atoms with Gasteiger partial charge in [-0.1, -0.05) is 43.7 Å². The Hall–Kier alpha value is -0.480. The Morgan fingerprint density at radius 2 is 1.91 bits per heavy atom. The number of hydrogen-bond donors (Lipinski definition) is 0. The maximum Gasteiger partial charge on any atom is -0.0276 e. The van der Waals surface area contributed by atoms with Crippen molar-refractivity contribution in [2.24, 2.45) is 0 Å². The molecule has 0 aromatic heterocycles. The van der Waals surface area contributed by atoms with Gasteiger partial charge in [0.05, 0.1) is 0 Å². The van der Waals surface area contributed by atoms with Crippen molar-refractivity contribution in [1.29, 1.82) is 0 Å². The maximum absolute atomic E-state index is 2.54. The van der Waals surface area contributed by atoms with Crippen LogP contribution >= 0.6 is 7.55 Å². The van der Waals surface area contributed by atoms with E-state index < -0.39 is 0 Å². The molecule has 1 aliphatic heterocycles. The molecule has 0 saturated carbocycles. The Bertz CT molecular complexity index is 261. The Kier molecular flexibility index (Phi) is 2.14. The standard InChI is InChI=1S/C10H13P/c1-2-6-10(7-3-1)11-8-4-5-9-11/h1-3,6-8,11H,4-5,9H2. The second-order valence-electron chi connectivity index (χ2n) is 2.99. The van der Waals surface area contributed by atoms with Gasteiger partial charge in [0, 0.05) is 0 Å². The van der Waals surface area contributed by atoms with Gasteiger partial charge in [-0.3, -0.25) is 0 Å². The zero-order valence-electron chi connectivity index (χ0n) is 6.59. The molecule has 58 valence electrons. The van der Waals surface area contributed by atoms with Crippen LogP contribution in [0.1, 0.15) is 12.8 Å². The van der Waals surface area contributed by atoms with Crippen LogP contribution in [0.25, 0.3) is 0 Å². The zero-order chi connectivity index (χ0) is 7.52. The van der Waals surface area contributed by atoms with Crippen LogP contribution in [-0.2, 0) is 0 Å². The highest BCUT2D eigenvalue weighted by Gasteiger charge is 2.03. The molecule has 1 heteroatoms. The minimum atomic E-state index is -0.215. The number of rotatable bonds is 1. The van der Waals surface area contributed by atoms with E-state index in [0.29, 0.717) is 0 Å². The quantitative estimate of drug-likeness (QED) is 0.558. The molecule has 0 bridgehead atoms. The molecule has 1 aliphatic rings. The molecule has 1 heterocycles. The predicted molar refractivity (Wildman–Crippen MR) is 54.6 cm³/mol. The predicted octanol–water partition coefficient (Wildman–Crippen LogP) is 2.12. The van der Waals surface area contributed by atoms with Crippen LogP contribution in [-0.4, -0.2) is 12.0 Å². The van der Waals surface area contributed by atoms with E-state index in [-0.39, 0.29) is 7.55 Å². The monoisotopic (exact) mass is 164 g/mol. The second kappa shape index (κ2) is 3.28. The largest absolute Gasteiger partial charge is 0.0937 e. The number of benzene rings is 1. The molecule has 1 unspecified atom stereocenters. The first kappa shape index (κ1) is 7.18. The third-order valence-electron chi connectivity index (χ3n) is 2.19. The zero-order valence-corrected chi connectivity index (χ0v) is 7.59. The van der Waals surface area contributed by atoms with Crippen LogP contribution in [0.15, 0.2) is 30.3 Å². The van der Waals surface area contributed by atoms with Crippen molar-refractivity contribution in [3.8, 4) is 0 Å². The molecule has 0 radical (unpaired) electrons. The molecule has 11 heavy (non-hydrogen) atoms. The summed E-state index contributed by atoms with van der Waals surface area (Å²) in [4.78, 5) is 0. The highest BCUT2D eigenvalue weighted by molar-refractivity contribution is 7.65. The average Bonchev–Trinajstić information content (AvgIpc) is 2.58. The molecule has 0 amide bonds. The lowest BCUT2D eigenvalue weighted by molar-refractivity contribution is 1.05. The van der Waals surface area contributed by atoms with E-state index in [1.165, 1.54) is 19.0 Å². The highest BCUT2D eigenvalue weighted by Crippen LogP contribution is 2.28. The first-order chi connectivity index (χ1) is 5.47. The first-order valence-corrected chi connectivity index (χ1v) is 6.00. The lowest BCUT2D eigenvalue weighted by Gasteiger charge is -2.00. The minimum Gasteiger partial charge on any atom is -0.0937 e. The summed E-state index contributed by atoms with van der Waals surface area (Å²) in [7, 11) is -0.215. The lowest BCUT2D eigenvalue weighted by Crippen LogP contribution is -1.94. The normalized spacial score (nSPS) is 23.1. The van der Waals surface area contributed by atoms with Gasteiger partial charge in [0.15, 0.2) is 0 Å². The van der Waals surface area contributed by atoms with Crippen molar-refractivity contribution in [1.82, 2.24) is 0 Å². The summed E-state index contributed by atoms with van der Waals surface area (Å²) >= 11 is 0. The van der Waals surface area contributed by atoms with Crippen LogP contribution in [0.5, 0.6) is 0 Å². The van der Waals surface area contributed by atoms with Gasteiger partial charge in [-0.15, -0.1) is 0 Å². The Labute approximate surface area is 68.6 Å². The van der Waals surface area contributed by atoms with Gasteiger partial charge in [-0.2, -0.15) is 0 Å². The van der Waals surface area contributed by atoms with Gasteiger partial charge >= 0.3 is 0 Å². The summed E-state index contributed by atoms with van der Waals surface area (Å²) in [6.45, 7) is 0. The van der Waals surface area contributed by atoms with Crippen molar-refractivity contribution in [2.75, 3.05) is 6.16 Å². The summed E-state index contributed by atoms with van der Waals surface area (Å²) < 4.78 is 0. The van der Waals surface area contributed by atoms with Gasteiger partial charge < -0.3 is 0 Å². The van der Waals surface area contributed by atoms with Crippen LogP contribution < -0.4 is 5.30 Å². The second-order valence-corrected chi connectivity index (χ2v) is 5.52. The summed E-state index contributed by atoms with van der Waals surface area (Å²) in [5.41, 5.74) is 0. The third-order valence-corrected chi connectivity index (χ3v) is 4.93. The van der Waals surface area contributed by atoms with Crippen molar-refractivity contribution in [2.45, 2.75) is 12.8 Å². The molecule has 1 aromatic carbocycles. The van der Waals surface area contributed by atoms with E-state index >= 15 is 0 Å². The minimum absolute atomic E-state index is 0.215. The van der Waals surface area contributed by atoms with Gasteiger partial charge in [0.2, 0.25) is 0 Å². The van der Waals surface area contributed by atoms with Crippen LogP contribution in [0.2, 0.25) is 0 Å². The molecule has 1 atom stereocenters. The molecule has 2 rings (SSSR count). The Balaban J connectivity index is 2.29. The molecule has 0 saturated heterocycles. The van der Waals surface area contributed by atoms with Gasteiger partial charge in [0.25, 0.3) is 0 Å².